The van der Waals surface area contributed by atoms with Gasteiger partial charge in [-0.05, 0) is 57.4 Å². The first kappa shape index (κ1) is 22.5. The highest BCUT2D eigenvalue weighted by molar-refractivity contribution is 6.34. The molecule has 0 radical (unpaired) electrons. The number of halogens is 2. The third kappa shape index (κ3) is 5.76. The number of carbonyl (C=O) groups is 2. The summed E-state index contributed by atoms with van der Waals surface area (Å²) in [5.41, 5.74) is 6.32. The topological polar surface area (TPSA) is 87.5 Å². The zero-order valence-corrected chi connectivity index (χ0v) is 17.3. The largest absolute Gasteiger partial charge is 0.338 e. The van der Waals surface area contributed by atoms with Crippen molar-refractivity contribution in [2.24, 2.45) is 11.1 Å². The van der Waals surface area contributed by atoms with Crippen molar-refractivity contribution in [2.75, 3.05) is 25.0 Å². The smallest absolute Gasteiger partial charge is 0.319 e. The lowest BCUT2D eigenvalue weighted by Crippen LogP contribution is -2.43. The zero-order valence-electron chi connectivity index (χ0n) is 15.7. The van der Waals surface area contributed by atoms with Crippen LogP contribution < -0.4 is 16.4 Å². The predicted molar refractivity (Wildman–Crippen MR) is 108 cm³/mol. The standard InChI is InChI=1S/C18H27ClN4O2.ClH/c1-17(2,3)22-16(25)21-12-5-6-14(19)13(9-12)15(24)23-8-7-18(4,10-20)11-23;/h5-6,9H,7-8,10-11,20H2,1-4H3,(H2,21,22,25);1H. The van der Waals surface area contributed by atoms with E-state index in [2.05, 4.69) is 17.6 Å². The van der Waals surface area contributed by atoms with Crippen LogP contribution in [0.25, 0.3) is 0 Å². The van der Waals surface area contributed by atoms with Gasteiger partial charge in [-0.2, -0.15) is 0 Å². The van der Waals surface area contributed by atoms with Crippen molar-refractivity contribution in [1.29, 1.82) is 0 Å². The van der Waals surface area contributed by atoms with Crippen molar-refractivity contribution < 1.29 is 9.59 Å². The van der Waals surface area contributed by atoms with Gasteiger partial charge in [-0.25, -0.2) is 4.79 Å². The number of urea groups is 1. The summed E-state index contributed by atoms with van der Waals surface area (Å²) in [6.07, 6.45) is 0.874. The molecule has 1 heterocycles. The van der Waals surface area contributed by atoms with Crippen LogP contribution in [-0.2, 0) is 0 Å². The van der Waals surface area contributed by atoms with Crippen LogP contribution in [0, 0.1) is 5.41 Å². The molecule has 6 nitrogen and oxygen atoms in total. The van der Waals surface area contributed by atoms with E-state index in [1.807, 2.05) is 20.8 Å². The summed E-state index contributed by atoms with van der Waals surface area (Å²) < 4.78 is 0. The number of nitrogens with zero attached hydrogens (tertiary/aromatic N) is 1. The summed E-state index contributed by atoms with van der Waals surface area (Å²) in [6.45, 7) is 9.57. The SMILES string of the molecule is CC1(CN)CCN(C(=O)c2cc(NC(=O)NC(C)(C)C)ccc2Cl)C1.Cl. The van der Waals surface area contributed by atoms with E-state index >= 15 is 0 Å². The van der Waals surface area contributed by atoms with Crippen LogP contribution >= 0.6 is 24.0 Å². The van der Waals surface area contributed by atoms with Crippen molar-refractivity contribution in [3.63, 3.8) is 0 Å². The lowest BCUT2D eigenvalue weighted by molar-refractivity contribution is 0.0777. The van der Waals surface area contributed by atoms with Gasteiger partial charge in [-0.15, -0.1) is 12.4 Å². The maximum Gasteiger partial charge on any atom is 0.319 e. The first-order chi connectivity index (χ1) is 11.5. The van der Waals surface area contributed by atoms with Crippen LogP contribution in [0.15, 0.2) is 18.2 Å². The second-order valence-electron chi connectivity index (χ2n) is 8.02. The Morgan fingerprint density at radius 1 is 1.35 bits per heavy atom. The second kappa shape index (κ2) is 8.46. The summed E-state index contributed by atoms with van der Waals surface area (Å²) in [4.78, 5) is 26.6. The van der Waals surface area contributed by atoms with E-state index in [9.17, 15) is 9.59 Å². The first-order valence-corrected chi connectivity index (χ1v) is 8.79. The number of benzene rings is 1. The van der Waals surface area contributed by atoms with Crippen LogP contribution in [0.5, 0.6) is 0 Å². The Bertz CT molecular complexity index is 676. The maximum atomic E-state index is 12.8. The molecular formula is C18H28Cl2N4O2. The van der Waals surface area contributed by atoms with Gasteiger partial charge in [0.15, 0.2) is 0 Å². The highest BCUT2D eigenvalue weighted by Crippen LogP contribution is 2.31. The van der Waals surface area contributed by atoms with Crippen LogP contribution in [0.2, 0.25) is 5.02 Å². The summed E-state index contributed by atoms with van der Waals surface area (Å²) in [7, 11) is 0. The molecule has 0 spiro atoms. The Kier molecular flexibility index (Phi) is 7.33. The number of anilines is 1. The van der Waals surface area contributed by atoms with E-state index in [-0.39, 0.29) is 35.3 Å². The normalized spacial score (nSPS) is 19.7. The Labute approximate surface area is 166 Å². The Morgan fingerprint density at radius 3 is 2.54 bits per heavy atom. The molecule has 8 heteroatoms. The molecule has 26 heavy (non-hydrogen) atoms. The monoisotopic (exact) mass is 402 g/mol. The summed E-state index contributed by atoms with van der Waals surface area (Å²) in [6, 6.07) is 4.59. The molecule has 0 bridgehead atoms. The van der Waals surface area contributed by atoms with Gasteiger partial charge < -0.3 is 21.3 Å². The number of carbonyl (C=O) groups excluding carboxylic acids is 2. The fourth-order valence-corrected chi connectivity index (χ4v) is 3.00. The fraction of sp³-hybridized carbons (Fsp3) is 0.556. The Balaban J connectivity index is 0.00000338. The molecule has 0 saturated carbocycles. The third-order valence-electron chi connectivity index (χ3n) is 4.28. The van der Waals surface area contributed by atoms with E-state index in [4.69, 9.17) is 17.3 Å². The Morgan fingerprint density at radius 2 is 2.00 bits per heavy atom. The first-order valence-electron chi connectivity index (χ1n) is 8.41. The Hall–Kier alpha value is -1.50. The van der Waals surface area contributed by atoms with E-state index in [0.717, 1.165) is 6.42 Å². The van der Waals surface area contributed by atoms with Crippen molar-refractivity contribution >= 4 is 41.6 Å². The minimum Gasteiger partial charge on any atom is -0.338 e. The van der Waals surface area contributed by atoms with Crippen LogP contribution in [0.4, 0.5) is 10.5 Å². The molecule has 1 aliphatic rings. The van der Waals surface area contributed by atoms with Gasteiger partial charge in [0.05, 0.1) is 10.6 Å². The molecule has 0 aliphatic carbocycles. The number of nitrogens with two attached hydrogens (primary N) is 1. The lowest BCUT2D eigenvalue weighted by atomic mass is 9.90. The van der Waals surface area contributed by atoms with E-state index < -0.39 is 0 Å². The number of hydrogen-bond acceptors (Lipinski definition) is 3. The summed E-state index contributed by atoms with van der Waals surface area (Å²) in [5.74, 6) is -0.137. The number of amides is 3. The molecule has 146 valence electrons. The van der Waals surface area contributed by atoms with Crippen molar-refractivity contribution in [3.05, 3.63) is 28.8 Å². The molecule has 1 fully saturated rings. The van der Waals surface area contributed by atoms with Crippen molar-refractivity contribution in [1.82, 2.24) is 10.2 Å². The second-order valence-corrected chi connectivity index (χ2v) is 8.42. The van der Waals surface area contributed by atoms with Gasteiger partial charge in [-0.1, -0.05) is 18.5 Å². The minimum absolute atomic E-state index is 0. The average Bonchev–Trinajstić information content (AvgIpc) is 2.90. The number of hydrogen-bond donors (Lipinski definition) is 3. The highest BCUT2D eigenvalue weighted by Gasteiger charge is 2.35. The molecule has 1 aromatic carbocycles. The minimum atomic E-state index is -0.350. The number of rotatable bonds is 3. The molecule has 1 aliphatic heterocycles. The summed E-state index contributed by atoms with van der Waals surface area (Å²) >= 11 is 6.22. The van der Waals surface area contributed by atoms with E-state index in [1.165, 1.54) is 0 Å². The molecule has 1 unspecified atom stereocenters. The zero-order chi connectivity index (χ0) is 18.8. The number of likely N-dealkylation sites (tertiary alicyclic amines) is 1. The molecule has 1 aromatic rings. The molecular weight excluding hydrogens is 375 g/mol. The molecule has 1 atom stereocenters. The van der Waals surface area contributed by atoms with Gasteiger partial charge in [0, 0.05) is 24.3 Å². The van der Waals surface area contributed by atoms with Gasteiger partial charge in [0.2, 0.25) is 0 Å². The average molecular weight is 403 g/mol. The van der Waals surface area contributed by atoms with Crippen LogP contribution in [-0.4, -0.2) is 42.0 Å². The van der Waals surface area contributed by atoms with E-state index in [1.54, 1.807) is 23.1 Å². The molecule has 4 N–H and O–H groups in total. The summed E-state index contributed by atoms with van der Waals surface area (Å²) in [5, 5.41) is 5.92. The van der Waals surface area contributed by atoms with Crippen molar-refractivity contribution in [3.8, 4) is 0 Å². The van der Waals surface area contributed by atoms with Gasteiger partial charge in [0.25, 0.3) is 5.91 Å². The fourth-order valence-electron chi connectivity index (χ4n) is 2.80. The molecule has 1 saturated heterocycles. The van der Waals surface area contributed by atoms with Crippen LogP contribution in [0.1, 0.15) is 44.5 Å². The molecule has 2 rings (SSSR count). The van der Waals surface area contributed by atoms with Gasteiger partial charge in [-0.3, -0.25) is 4.79 Å². The van der Waals surface area contributed by atoms with Crippen LogP contribution in [0.3, 0.4) is 0 Å². The van der Waals surface area contributed by atoms with Crippen molar-refractivity contribution in [2.45, 2.75) is 39.7 Å². The van der Waals surface area contributed by atoms with Gasteiger partial charge in [0.1, 0.15) is 0 Å². The lowest BCUT2D eigenvalue weighted by Gasteiger charge is -2.23. The number of nitrogens with one attached hydrogen (secondary N) is 2. The third-order valence-corrected chi connectivity index (χ3v) is 4.61. The quantitative estimate of drug-likeness (QED) is 0.722. The molecule has 0 aromatic heterocycles. The predicted octanol–water partition coefficient (Wildman–Crippen LogP) is 3.49. The van der Waals surface area contributed by atoms with E-state index in [0.29, 0.717) is 35.9 Å². The molecule has 3 amide bonds. The maximum absolute atomic E-state index is 12.8. The highest BCUT2D eigenvalue weighted by atomic mass is 35.5. The van der Waals surface area contributed by atoms with Gasteiger partial charge >= 0.3 is 6.03 Å².